The second-order valence-electron chi connectivity index (χ2n) is 8.02. The van der Waals surface area contributed by atoms with E-state index in [9.17, 15) is 4.39 Å². The fraction of sp³-hybridized carbons (Fsp3) is 0.615. The summed E-state index contributed by atoms with van der Waals surface area (Å²) in [4.78, 5) is 7.54. The third-order valence-electron chi connectivity index (χ3n) is 4.65. The molecule has 0 unspecified atom stereocenters. The summed E-state index contributed by atoms with van der Waals surface area (Å²) in [5.41, 5.74) is 16.3. The van der Waals surface area contributed by atoms with Gasteiger partial charge in [-0.25, -0.2) is 9.97 Å². The third-order valence-corrected chi connectivity index (χ3v) is 5.90. The van der Waals surface area contributed by atoms with Crippen LogP contribution in [0.1, 0.15) is 40.5 Å². The van der Waals surface area contributed by atoms with Crippen molar-refractivity contribution in [1.82, 2.24) is 9.97 Å². The molecule has 2 saturated heterocycles. The number of hydrogen-bond donors (Lipinski definition) is 4. The Labute approximate surface area is 259 Å². The van der Waals surface area contributed by atoms with Crippen LogP contribution >= 0.6 is 45.2 Å². The summed E-state index contributed by atoms with van der Waals surface area (Å²) >= 11 is 4.20. The maximum Gasteiger partial charge on any atom is 0.215 e. The average molecular weight is 778 g/mol. The van der Waals surface area contributed by atoms with Gasteiger partial charge in [0.2, 0.25) is 5.95 Å². The van der Waals surface area contributed by atoms with Gasteiger partial charge in [0.1, 0.15) is 17.5 Å². The average Bonchev–Trinajstić information content (AvgIpc) is 3.54. The zero-order valence-electron chi connectivity index (χ0n) is 23.4. The van der Waals surface area contributed by atoms with Gasteiger partial charge in [-0.1, -0.05) is 0 Å². The lowest BCUT2D eigenvalue weighted by atomic mass is 10.2. The summed E-state index contributed by atoms with van der Waals surface area (Å²) in [5.74, 6) is 1.09. The zero-order chi connectivity index (χ0) is 29.5. The van der Waals surface area contributed by atoms with Crippen LogP contribution in [0.25, 0.3) is 0 Å². The number of rotatable bonds is 6. The van der Waals surface area contributed by atoms with Crippen LogP contribution in [0.15, 0.2) is 24.3 Å². The van der Waals surface area contributed by atoms with Gasteiger partial charge in [0, 0.05) is 58.9 Å². The predicted molar refractivity (Wildman–Crippen MR) is 173 cm³/mol. The summed E-state index contributed by atoms with van der Waals surface area (Å²) in [5, 5.41) is 3.30. The van der Waals surface area contributed by atoms with Gasteiger partial charge in [0.15, 0.2) is 0 Å². The Kier molecular flexibility index (Phi) is 24.0. The number of anilines is 3. The van der Waals surface area contributed by atoms with E-state index in [1.165, 1.54) is 6.07 Å². The van der Waals surface area contributed by atoms with Crippen LogP contribution in [-0.4, -0.2) is 74.9 Å². The van der Waals surface area contributed by atoms with E-state index in [1.54, 1.807) is 6.07 Å². The number of aromatic nitrogens is 2. The highest BCUT2D eigenvalue weighted by atomic mass is 127. The van der Waals surface area contributed by atoms with E-state index in [2.05, 4.69) is 37.9 Å². The molecule has 0 saturated carbocycles. The standard InChI is InChI=1S/C9H12IN3O.C5H4FIN2.C4H9NO.2C4H10O/c10-6-3-8(11)13-9(4-6)12-7-1-2-14-5-7;6-4-1-3(7)2-5(8)9-4;5-4-1-2-6-3-4;2*1-3-5-4-2/h3-4,7H,1-2,5H2,(H3,11,12,13);1-2H,(H2,8,9);4H,1-3,5H2;2*3-4H2,1-2H3/t7-;;4-;;/m1.1../s1. The van der Waals surface area contributed by atoms with Gasteiger partial charge < -0.3 is 41.5 Å². The fourth-order valence-electron chi connectivity index (χ4n) is 2.89. The topological polar surface area (TPSA) is 153 Å². The number of ether oxygens (including phenoxy) is 4. The van der Waals surface area contributed by atoms with Crippen LogP contribution in [0.2, 0.25) is 0 Å². The minimum absolute atomic E-state index is 0.222. The monoisotopic (exact) mass is 778 g/mol. The summed E-state index contributed by atoms with van der Waals surface area (Å²) in [6, 6.07) is 7.44. The van der Waals surface area contributed by atoms with Gasteiger partial charge in [-0.05, 0) is 104 Å². The molecule has 2 fully saturated rings. The molecule has 4 rings (SSSR count). The summed E-state index contributed by atoms with van der Waals surface area (Å²) < 4.78 is 34.0. The van der Waals surface area contributed by atoms with E-state index < -0.39 is 5.95 Å². The van der Waals surface area contributed by atoms with E-state index in [1.807, 2.05) is 62.4 Å². The molecule has 0 bridgehead atoms. The number of hydrogen-bond acceptors (Lipinski definition) is 10. The van der Waals surface area contributed by atoms with Gasteiger partial charge in [-0.2, -0.15) is 4.39 Å². The largest absolute Gasteiger partial charge is 0.384 e. The molecule has 0 aromatic carbocycles. The van der Waals surface area contributed by atoms with Crippen molar-refractivity contribution < 1.29 is 23.3 Å². The molecule has 224 valence electrons. The molecule has 0 amide bonds. The van der Waals surface area contributed by atoms with E-state index in [0.29, 0.717) is 17.9 Å². The van der Waals surface area contributed by atoms with E-state index in [-0.39, 0.29) is 5.82 Å². The molecule has 2 aromatic heterocycles. The first-order valence-electron chi connectivity index (χ1n) is 13.0. The number of halogens is 3. The quantitative estimate of drug-likeness (QED) is 0.240. The SMILES string of the molecule is CCOCC.CCOCC.N[C@@H]1CCOC1.Nc1cc(I)cc(F)n1.Nc1cc(I)cc(N[C@@H]2CCOC2)n1. The fourth-order valence-corrected chi connectivity index (χ4v) is 4.08. The Morgan fingerprint density at radius 3 is 1.69 bits per heavy atom. The molecule has 10 nitrogen and oxygen atoms in total. The number of nitrogens with two attached hydrogens (primary N) is 3. The number of nitrogen functional groups attached to an aromatic ring is 2. The summed E-state index contributed by atoms with van der Waals surface area (Å²) in [7, 11) is 0. The minimum Gasteiger partial charge on any atom is -0.384 e. The Morgan fingerprint density at radius 1 is 0.846 bits per heavy atom. The molecule has 2 aromatic rings. The molecule has 0 radical (unpaired) electrons. The number of nitrogens with one attached hydrogen (secondary N) is 1. The van der Waals surface area contributed by atoms with Gasteiger partial charge >= 0.3 is 0 Å². The Morgan fingerprint density at radius 2 is 1.36 bits per heavy atom. The highest BCUT2D eigenvalue weighted by Gasteiger charge is 2.15. The molecule has 2 aliphatic rings. The molecule has 2 aliphatic heterocycles. The smallest absolute Gasteiger partial charge is 0.215 e. The van der Waals surface area contributed by atoms with Crippen LogP contribution < -0.4 is 22.5 Å². The highest BCUT2D eigenvalue weighted by molar-refractivity contribution is 14.1. The Balaban J connectivity index is 0.000000501. The summed E-state index contributed by atoms with van der Waals surface area (Å²) in [6.45, 7) is 14.5. The second-order valence-corrected chi connectivity index (χ2v) is 10.5. The second kappa shape index (κ2) is 24.7. The number of nitrogens with zero attached hydrogens (tertiary/aromatic N) is 2. The first-order chi connectivity index (χ1) is 18.6. The van der Waals surface area contributed by atoms with E-state index >= 15 is 0 Å². The maximum atomic E-state index is 12.2. The van der Waals surface area contributed by atoms with Crippen LogP contribution in [-0.2, 0) is 18.9 Å². The van der Waals surface area contributed by atoms with Gasteiger partial charge in [-0.15, -0.1) is 0 Å². The van der Waals surface area contributed by atoms with Crippen LogP contribution in [0.3, 0.4) is 0 Å². The van der Waals surface area contributed by atoms with Crippen LogP contribution in [0, 0.1) is 13.1 Å². The van der Waals surface area contributed by atoms with Crippen molar-refractivity contribution in [3.8, 4) is 0 Å². The lowest BCUT2D eigenvalue weighted by Crippen LogP contribution is -2.19. The van der Waals surface area contributed by atoms with Crippen LogP contribution in [0.5, 0.6) is 0 Å². The third kappa shape index (κ3) is 22.3. The first kappa shape index (κ1) is 37.9. The summed E-state index contributed by atoms with van der Waals surface area (Å²) in [6.07, 6.45) is 2.08. The Hall–Kier alpha value is -1.11. The van der Waals surface area contributed by atoms with Crippen molar-refractivity contribution in [3.63, 3.8) is 0 Å². The van der Waals surface area contributed by atoms with Crippen molar-refractivity contribution in [3.05, 3.63) is 37.4 Å². The molecule has 39 heavy (non-hydrogen) atoms. The molecular weight excluding hydrogens is 733 g/mol. The lowest BCUT2D eigenvalue weighted by molar-refractivity contribution is 0.162. The van der Waals surface area contributed by atoms with Gasteiger partial charge in [0.25, 0.3) is 0 Å². The zero-order valence-corrected chi connectivity index (χ0v) is 27.7. The van der Waals surface area contributed by atoms with Gasteiger partial charge in [-0.3, -0.25) is 0 Å². The van der Waals surface area contributed by atoms with Crippen molar-refractivity contribution in [2.45, 2.75) is 52.6 Å². The maximum absolute atomic E-state index is 12.2. The molecule has 13 heteroatoms. The lowest BCUT2D eigenvalue weighted by Gasteiger charge is -2.11. The Bertz CT molecular complexity index is 796. The van der Waals surface area contributed by atoms with Crippen molar-refractivity contribution in [2.24, 2.45) is 5.73 Å². The molecular formula is C26H45FI2N6O4. The predicted octanol–water partition coefficient (Wildman–Crippen LogP) is 4.70. The van der Waals surface area contributed by atoms with Gasteiger partial charge in [0.05, 0.1) is 19.3 Å². The van der Waals surface area contributed by atoms with E-state index in [0.717, 1.165) is 78.7 Å². The van der Waals surface area contributed by atoms with Crippen molar-refractivity contribution in [1.29, 1.82) is 0 Å². The molecule has 7 N–H and O–H groups in total. The first-order valence-corrected chi connectivity index (χ1v) is 15.1. The molecule has 4 heterocycles. The molecule has 2 atom stereocenters. The van der Waals surface area contributed by atoms with Crippen molar-refractivity contribution >= 4 is 62.6 Å². The molecule has 0 aliphatic carbocycles. The highest BCUT2D eigenvalue weighted by Crippen LogP contribution is 2.17. The normalized spacial score (nSPS) is 17.2. The number of pyridine rings is 2. The van der Waals surface area contributed by atoms with Crippen LogP contribution in [0.4, 0.5) is 21.8 Å². The van der Waals surface area contributed by atoms with Crippen molar-refractivity contribution in [2.75, 3.05) is 69.6 Å². The van der Waals surface area contributed by atoms with E-state index in [4.69, 9.17) is 36.1 Å². The molecule has 0 spiro atoms. The minimum atomic E-state index is -0.528.